The molecule has 1 saturated heterocycles. The summed E-state index contributed by atoms with van der Waals surface area (Å²) in [6.45, 7) is 7.73. The first kappa shape index (κ1) is 21.9. The molecule has 2 aliphatic rings. The van der Waals surface area contributed by atoms with E-state index in [1.807, 2.05) is 31.5 Å². The quantitative estimate of drug-likeness (QED) is 0.568. The smallest absolute Gasteiger partial charge is 0.410 e. The van der Waals surface area contributed by atoms with E-state index >= 15 is 0 Å². The monoisotopic (exact) mass is 468 g/mol. The van der Waals surface area contributed by atoms with Gasteiger partial charge in [-0.3, -0.25) is 9.67 Å². The van der Waals surface area contributed by atoms with E-state index in [-0.39, 0.29) is 16.4 Å². The zero-order valence-corrected chi connectivity index (χ0v) is 20.1. The lowest BCUT2D eigenvalue weighted by atomic mass is 9.82. The van der Waals surface area contributed by atoms with Crippen molar-refractivity contribution in [1.82, 2.24) is 19.7 Å². The Bertz CT molecular complexity index is 1370. The minimum Gasteiger partial charge on any atom is -0.444 e. The molecule has 0 aliphatic carbocycles. The van der Waals surface area contributed by atoms with E-state index in [0.29, 0.717) is 13.1 Å². The van der Waals surface area contributed by atoms with Crippen molar-refractivity contribution < 1.29 is 17.9 Å². The number of hydrogen-bond donors (Lipinski definition) is 0. The first-order chi connectivity index (χ1) is 15.4. The van der Waals surface area contributed by atoms with Crippen molar-refractivity contribution in [3.63, 3.8) is 0 Å². The van der Waals surface area contributed by atoms with Gasteiger partial charge in [0, 0.05) is 54.1 Å². The van der Waals surface area contributed by atoms with Gasteiger partial charge in [-0.2, -0.15) is 5.10 Å². The van der Waals surface area contributed by atoms with Crippen LogP contribution >= 0.6 is 0 Å². The van der Waals surface area contributed by atoms with Crippen LogP contribution in [0.5, 0.6) is 0 Å². The van der Waals surface area contributed by atoms with Gasteiger partial charge in [0.1, 0.15) is 5.60 Å². The second kappa shape index (κ2) is 7.28. The molecule has 4 heterocycles. The van der Waals surface area contributed by atoms with Crippen LogP contribution in [0.3, 0.4) is 0 Å². The number of aromatic nitrogens is 3. The summed E-state index contributed by atoms with van der Waals surface area (Å²) in [4.78, 5) is 19.2. The van der Waals surface area contributed by atoms with Gasteiger partial charge in [0.2, 0.25) is 0 Å². The number of aryl methyl sites for hydroxylation is 1. The standard InChI is InChI=1S/C24H28N4O4S/c1-23(2,3)32-22(29)27-9-7-24(15-27)8-10-28-21(24)13-20(26-28)17-11-16-12-18(33(4,30)31)5-6-19(16)25-14-17/h5-6,11-14H,7-10,15H2,1-4H3. The van der Waals surface area contributed by atoms with Crippen LogP contribution in [0.4, 0.5) is 4.79 Å². The molecule has 1 atom stereocenters. The van der Waals surface area contributed by atoms with Crippen molar-refractivity contribution in [2.24, 2.45) is 0 Å². The summed E-state index contributed by atoms with van der Waals surface area (Å²) in [7, 11) is -3.30. The van der Waals surface area contributed by atoms with Gasteiger partial charge in [-0.25, -0.2) is 13.2 Å². The first-order valence-electron chi connectivity index (χ1n) is 11.1. The number of likely N-dealkylation sites (tertiary alicyclic amines) is 1. The van der Waals surface area contributed by atoms with E-state index in [9.17, 15) is 13.2 Å². The predicted octanol–water partition coefficient (Wildman–Crippen LogP) is 3.78. The Kier molecular flexibility index (Phi) is 4.83. The topological polar surface area (TPSA) is 94.4 Å². The van der Waals surface area contributed by atoms with Crippen LogP contribution in [0.15, 0.2) is 41.4 Å². The zero-order valence-electron chi connectivity index (χ0n) is 19.3. The third-order valence-corrected chi connectivity index (χ3v) is 7.62. The van der Waals surface area contributed by atoms with Crippen molar-refractivity contribution >= 4 is 26.8 Å². The average molecular weight is 469 g/mol. The van der Waals surface area contributed by atoms with Crippen LogP contribution in [0, 0.1) is 0 Å². The lowest BCUT2D eigenvalue weighted by molar-refractivity contribution is 0.0284. The molecule has 5 rings (SSSR count). The molecule has 174 valence electrons. The highest BCUT2D eigenvalue weighted by Crippen LogP contribution is 2.44. The molecule has 0 saturated carbocycles. The number of hydrogen-bond acceptors (Lipinski definition) is 6. The largest absolute Gasteiger partial charge is 0.444 e. The molecule has 2 aliphatic heterocycles. The number of sulfone groups is 1. The number of rotatable bonds is 2. The lowest BCUT2D eigenvalue weighted by Crippen LogP contribution is -2.37. The predicted molar refractivity (Wildman–Crippen MR) is 125 cm³/mol. The number of carbonyl (C=O) groups excluding carboxylic acids is 1. The van der Waals surface area contributed by atoms with Crippen molar-refractivity contribution in [1.29, 1.82) is 0 Å². The number of carbonyl (C=O) groups is 1. The number of fused-ring (bicyclic) bond motifs is 3. The Morgan fingerprint density at radius 3 is 2.61 bits per heavy atom. The summed E-state index contributed by atoms with van der Waals surface area (Å²) in [5, 5.41) is 5.57. The molecule has 9 heteroatoms. The highest BCUT2D eigenvalue weighted by molar-refractivity contribution is 7.90. The summed E-state index contributed by atoms with van der Waals surface area (Å²) >= 11 is 0. The first-order valence-corrected chi connectivity index (χ1v) is 13.0. The number of ether oxygens (including phenoxy) is 1. The van der Waals surface area contributed by atoms with Gasteiger partial charge in [0.25, 0.3) is 0 Å². The van der Waals surface area contributed by atoms with Crippen molar-refractivity contribution in [3.8, 4) is 11.3 Å². The summed E-state index contributed by atoms with van der Waals surface area (Å²) in [6, 6.07) is 8.98. The molecule has 1 aromatic carbocycles. The van der Waals surface area contributed by atoms with E-state index < -0.39 is 15.4 Å². The molecular weight excluding hydrogens is 440 g/mol. The Labute approximate surface area is 193 Å². The molecule has 1 spiro atoms. The highest BCUT2D eigenvalue weighted by atomic mass is 32.2. The minimum absolute atomic E-state index is 0.115. The van der Waals surface area contributed by atoms with Crippen LogP contribution in [-0.2, 0) is 26.5 Å². The molecule has 1 fully saturated rings. The second-order valence-corrected chi connectivity index (χ2v) is 12.2. The third kappa shape index (κ3) is 3.99. The number of pyridine rings is 1. The average Bonchev–Trinajstić information content (AvgIpc) is 3.42. The van der Waals surface area contributed by atoms with Crippen LogP contribution < -0.4 is 0 Å². The Morgan fingerprint density at radius 2 is 1.88 bits per heavy atom. The minimum atomic E-state index is -3.30. The van der Waals surface area contributed by atoms with Crippen molar-refractivity contribution in [2.45, 2.75) is 56.1 Å². The van der Waals surface area contributed by atoms with Gasteiger partial charge < -0.3 is 9.64 Å². The van der Waals surface area contributed by atoms with E-state index in [1.165, 1.54) is 6.26 Å². The zero-order chi connectivity index (χ0) is 23.6. The van der Waals surface area contributed by atoms with Crippen LogP contribution in [0.1, 0.15) is 39.3 Å². The molecule has 1 unspecified atom stereocenters. The van der Waals surface area contributed by atoms with E-state index in [4.69, 9.17) is 9.84 Å². The Balaban J connectivity index is 1.44. The summed E-state index contributed by atoms with van der Waals surface area (Å²) in [5.41, 5.74) is 2.88. The summed E-state index contributed by atoms with van der Waals surface area (Å²) < 4.78 is 31.5. The van der Waals surface area contributed by atoms with Gasteiger partial charge in [-0.1, -0.05) is 0 Å². The van der Waals surface area contributed by atoms with Gasteiger partial charge >= 0.3 is 6.09 Å². The van der Waals surface area contributed by atoms with Crippen LogP contribution in [0.2, 0.25) is 0 Å². The molecule has 8 nitrogen and oxygen atoms in total. The Morgan fingerprint density at radius 1 is 1.12 bits per heavy atom. The van der Waals surface area contributed by atoms with Gasteiger partial charge in [-0.05, 0) is 63.9 Å². The second-order valence-electron chi connectivity index (χ2n) is 10.2. The van der Waals surface area contributed by atoms with Gasteiger partial charge in [0.15, 0.2) is 9.84 Å². The fraction of sp³-hybridized carbons (Fsp3) is 0.458. The summed E-state index contributed by atoms with van der Waals surface area (Å²) in [6.07, 6.45) is 4.54. The number of benzene rings is 1. The molecule has 0 N–H and O–H groups in total. The molecular formula is C24H28N4O4S. The molecule has 33 heavy (non-hydrogen) atoms. The lowest BCUT2D eigenvalue weighted by Gasteiger charge is -2.26. The van der Waals surface area contributed by atoms with E-state index in [0.717, 1.165) is 47.2 Å². The Hall–Kier alpha value is -2.94. The maximum absolute atomic E-state index is 12.6. The van der Waals surface area contributed by atoms with Gasteiger partial charge in [-0.15, -0.1) is 0 Å². The molecule has 1 amide bonds. The fourth-order valence-electron chi connectivity index (χ4n) is 4.85. The normalized spacial score (nSPS) is 20.5. The molecule has 3 aromatic rings. The highest BCUT2D eigenvalue weighted by Gasteiger charge is 2.47. The van der Waals surface area contributed by atoms with Crippen LogP contribution in [0.25, 0.3) is 22.2 Å². The SMILES string of the molecule is CC(C)(C)OC(=O)N1CCC2(CCn3nc(-c4cnc5ccc(S(C)(=O)=O)cc5c4)cc32)C1. The third-order valence-electron chi connectivity index (χ3n) is 6.51. The maximum Gasteiger partial charge on any atom is 0.410 e. The van der Waals surface area contributed by atoms with Crippen molar-refractivity contribution in [2.75, 3.05) is 19.3 Å². The molecule has 0 bridgehead atoms. The molecule has 0 radical (unpaired) electrons. The fourth-order valence-corrected chi connectivity index (χ4v) is 5.51. The number of nitrogens with zero attached hydrogens (tertiary/aromatic N) is 4. The maximum atomic E-state index is 12.6. The molecule has 2 aromatic heterocycles. The number of amides is 1. The van der Waals surface area contributed by atoms with Crippen molar-refractivity contribution in [3.05, 3.63) is 42.2 Å². The summed E-state index contributed by atoms with van der Waals surface area (Å²) in [5.74, 6) is 0. The van der Waals surface area contributed by atoms with E-state index in [1.54, 1.807) is 29.3 Å². The van der Waals surface area contributed by atoms with Crippen LogP contribution in [-0.4, -0.2) is 59.1 Å². The van der Waals surface area contributed by atoms with E-state index in [2.05, 4.69) is 11.1 Å². The van der Waals surface area contributed by atoms with Gasteiger partial charge in [0.05, 0.1) is 16.1 Å².